The van der Waals surface area contributed by atoms with Crippen molar-refractivity contribution < 1.29 is 23.4 Å². The van der Waals surface area contributed by atoms with E-state index in [2.05, 4.69) is 11.4 Å². The van der Waals surface area contributed by atoms with Crippen LogP contribution in [0.5, 0.6) is 0 Å². The molecule has 0 aromatic carbocycles. The van der Waals surface area contributed by atoms with Crippen LogP contribution in [-0.4, -0.2) is 32.6 Å². The molecule has 0 rings (SSSR count). The van der Waals surface area contributed by atoms with Gasteiger partial charge in [-0.15, -0.1) is 4.52 Å². The van der Waals surface area contributed by atoms with Gasteiger partial charge in [-0.2, -0.15) is 0 Å². The van der Waals surface area contributed by atoms with Crippen molar-refractivity contribution in [1.82, 2.24) is 0 Å². The Bertz CT molecular complexity index is 275. The summed E-state index contributed by atoms with van der Waals surface area (Å²) >= 11 is 0. The van der Waals surface area contributed by atoms with E-state index >= 15 is 0 Å². The zero-order chi connectivity index (χ0) is 13.1. The third-order valence-electron chi connectivity index (χ3n) is 1.90. The summed E-state index contributed by atoms with van der Waals surface area (Å²) in [5.74, 6) is 0. The van der Waals surface area contributed by atoms with E-state index < -0.39 is 14.2 Å². The fraction of sp³-hybridized carbons (Fsp3) is 0.727. The molecule has 0 heterocycles. The first kappa shape index (κ1) is 16.1. The van der Waals surface area contributed by atoms with Crippen molar-refractivity contribution in [2.75, 3.05) is 26.5 Å². The topological polar surface area (TPSA) is 61.8 Å². The van der Waals surface area contributed by atoms with Crippen LogP contribution in [0.4, 0.5) is 4.79 Å². The van der Waals surface area contributed by atoms with Gasteiger partial charge in [0, 0.05) is 0 Å². The lowest BCUT2D eigenvalue weighted by molar-refractivity contribution is 0.0658. The molecule has 0 spiro atoms. The third-order valence-corrected chi connectivity index (χ3v) is 2.85. The zero-order valence-corrected chi connectivity index (χ0v) is 11.5. The monoisotopic (exact) mass is 263 g/mol. The molecule has 1 unspecified atom stereocenters. The second-order valence-corrected chi connectivity index (χ2v) is 4.94. The van der Waals surface area contributed by atoms with E-state index in [1.54, 1.807) is 0 Å². The van der Waals surface area contributed by atoms with Crippen molar-refractivity contribution in [3.05, 3.63) is 11.6 Å². The Balaban J connectivity index is 3.62. The van der Waals surface area contributed by atoms with Gasteiger partial charge in [-0.25, -0.2) is 4.79 Å². The average molecular weight is 263 g/mol. The van der Waals surface area contributed by atoms with Gasteiger partial charge in [-0.1, -0.05) is 19.4 Å². The molecule has 0 aromatic rings. The van der Waals surface area contributed by atoms with Crippen molar-refractivity contribution >= 4 is 14.2 Å². The molecule has 0 saturated heterocycles. The summed E-state index contributed by atoms with van der Waals surface area (Å²) in [4.78, 5) is 11.1. The standard InChI is InChI=1S/C11H20O5P/c1-4-5-6-10(2)9-16-11(12)15-7-8-17(13)14-3/h6H,4-5,7-9H2,1-3H3/q+1/b10-6+. The molecule has 0 fully saturated rings. The molecule has 0 aliphatic heterocycles. The molecule has 98 valence electrons. The summed E-state index contributed by atoms with van der Waals surface area (Å²) in [5.41, 5.74) is 0.992. The Labute approximate surface area is 103 Å². The van der Waals surface area contributed by atoms with E-state index in [-0.39, 0.29) is 19.4 Å². The molecular weight excluding hydrogens is 243 g/mol. The van der Waals surface area contributed by atoms with Crippen LogP contribution in [0.3, 0.4) is 0 Å². The highest BCUT2D eigenvalue weighted by molar-refractivity contribution is 7.39. The molecule has 0 radical (unpaired) electrons. The van der Waals surface area contributed by atoms with Crippen LogP contribution in [-0.2, 0) is 18.6 Å². The Morgan fingerprint density at radius 2 is 2.06 bits per heavy atom. The van der Waals surface area contributed by atoms with Gasteiger partial charge in [-0.3, -0.25) is 0 Å². The number of allylic oxidation sites excluding steroid dienone is 1. The molecule has 0 saturated carbocycles. The van der Waals surface area contributed by atoms with Gasteiger partial charge in [0.1, 0.15) is 13.2 Å². The van der Waals surface area contributed by atoms with E-state index in [1.807, 2.05) is 13.0 Å². The van der Waals surface area contributed by atoms with Crippen LogP contribution in [0.1, 0.15) is 26.7 Å². The average Bonchev–Trinajstić information content (AvgIpc) is 2.33. The first-order chi connectivity index (χ1) is 8.10. The fourth-order valence-corrected chi connectivity index (χ4v) is 1.38. The number of hydrogen-bond donors (Lipinski definition) is 0. The summed E-state index contributed by atoms with van der Waals surface area (Å²) in [6.07, 6.45) is 3.50. The number of rotatable bonds is 8. The van der Waals surface area contributed by atoms with Gasteiger partial charge >= 0.3 is 14.2 Å². The van der Waals surface area contributed by atoms with Crippen molar-refractivity contribution in [2.24, 2.45) is 0 Å². The number of carbonyl (C=O) groups excluding carboxylic acids is 1. The molecule has 0 aromatic heterocycles. The number of carbonyl (C=O) groups is 1. The van der Waals surface area contributed by atoms with E-state index in [0.717, 1.165) is 18.4 Å². The largest absolute Gasteiger partial charge is 0.511 e. The van der Waals surface area contributed by atoms with E-state index in [1.165, 1.54) is 7.11 Å². The SMILES string of the molecule is CCC/C=C(\C)COC(=O)OCC[P+](=O)OC. The Kier molecular flexibility index (Phi) is 9.68. The normalized spacial score (nSPS) is 12.2. The number of unbranched alkanes of at least 4 members (excludes halogenated alkanes) is 1. The molecule has 6 heteroatoms. The lowest BCUT2D eigenvalue weighted by Crippen LogP contribution is -2.11. The molecule has 1 atom stereocenters. The van der Waals surface area contributed by atoms with Crippen LogP contribution < -0.4 is 0 Å². The summed E-state index contributed by atoms with van der Waals surface area (Å²) in [5, 5.41) is 0. The molecule has 17 heavy (non-hydrogen) atoms. The second kappa shape index (κ2) is 10.2. The molecule has 0 aliphatic carbocycles. The second-order valence-electron chi connectivity index (χ2n) is 3.47. The highest BCUT2D eigenvalue weighted by Crippen LogP contribution is 2.18. The number of ether oxygens (including phenoxy) is 2. The van der Waals surface area contributed by atoms with E-state index in [0.29, 0.717) is 0 Å². The van der Waals surface area contributed by atoms with Gasteiger partial charge in [0.05, 0.1) is 7.11 Å². The molecular formula is C11H20O5P+. The summed E-state index contributed by atoms with van der Waals surface area (Å²) in [6.45, 7) is 4.25. The number of hydrogen-bond acceptors (Lipinski definition) is 5. The van der Waals surface area contributed by atoms with Crippen LogP contribution in [0.2, 0.25) is 0 Å². The Morgan fingerprint density at radius 1 is 1.35 bits per heavy atom. The van der Waals surface area contributed by atoms with E-state index in [9.17, 15) is 9.36 Å². The lowest BCUT2D eigenvalue weighted by atomic mass is 10.2. The van der Waals surface area contributed by atoms with Crippen LogP contribution in [0, 0.1) is 0 Å². The summed E-state index contributed by atoms with van der Waals surface area (Å²) in [7, 11) is -0.387. The quantitative estimate of drug-likeness (QED) is 0.382. The minimum absolute atomic E-state index is 0.0413. The van der Waals surface area contributed by atoms with Crippen LogP contribution >= 0.6 is 8.03 Å². The van der Waals surface area contributed by atoms with Crippen molar-refractivity contribution in [2.45, 2.75) is 26.7 Å². The molecule has 0 aliphatic rings. The molecule has 0 amide bonds. The van der Waals surface area contributed by atoms with Crippen molar-refractivity contribution in [3.63, 3.8) is 0 Å². The van der Waals surface area contributed by atoms with Crippen LogP contribution in [0.25, 0.3) is 0 Å². The summed E-state index contributed by atoms with van der Waals surface area (Å²) in [6, 6.07) is 0. The van der Waals surface area contributed by atoms with Crippen molar-refractivity contribution in [3.8, 4) is 0 Å². The van der Waals surface area contributed by atoms with Crippen molar-refractivity contribution in [1.29, 1.82) is 0 Å². The van der Waals surface area contributed by atoms with Gasteiger partial charge in [0.15, 0.2) is 0 Å². The zero-order valence-electron chi connectivity index (χ0n) is 10.6. The molecule has 5 nitrogen and oxygen atoms in total. The lowest BCUT2D eigenvalue weighted by Gasteiger charge is -2.04. The van der Waals surface area contributed by atoms with Gasteiger partial charge in [0.25, 0.3) is 0 Å². The first-order valence-electron chi connectivity index (χ1n) is 5.54. The predicted molar refractivity (Wildman–Crippen MR) is 65.4 cm³/mol. The van der Waals surface area contributed by atoms with Crippen LogP contribution in [0.15, 0.2) is 11.6 Å². The fourth-order valence-electron chi connectivity index (χ4n) is 0.959. The Morgan fingerprint density at radius 3 is 2.65 bits per heavy atom. The van der Waals surface area contributed by atoms with Gasteiger partial charge < -0.3 is 9.47 Å². The smallest absolute Gasteiger partial charge is 0.430 e. The maximum absolute atomic E-state index is 11.1. The Hall–Kier alpha value is -0.930. The minimum atomic E-state index is -1.73. The minimum Gasteiger partial charge on any atom is -0.430 e. The maximum atomic E-state index is 11.1. The highest BCUT2D eigenvalue weighted by Gasteiger charge is 2.15. The third kappa shape index (κ3) is 9.97. The summed E-state index contributed by atoms with van der Waals surface area (Å²) < 4.78 is 25.0. The first-order valence-corrected chi connectivity index (χ1v) is 6.90. The molecule has 0 bridgehead atoms. The van der Waals surface area contributed by atoms with E-state index in [4.69, 9.17) is 9.47 Å². The highest BCUT2D eigenvalue weighted by atomic mass is 31.1. The molecule has 0 N–H and O–H groups in total. The van der Waals surface area contributed by atoms with Gasteiger partial charge in [-0.05, 0) is 23.5 Å². The maximum Gasteiger partial charge on any atom is 0.511 e. The predicted octanol–water partition coefficient (Wildman–Crippen LogP) is 3.27. The van der Waals surface area contributed by atoms with Gasteiger partial charge in [0.2, 0.25) is 6.16 Å².